The molecule has 7 nitrogen and oxygen atoms in total. The molecule has 1 saturated heterocycles. The van der Waals surface area contributed by atoms with Gasteiger partial charge in [0.1, 0.15) is 0 Å². The molecule has 1 aliphatic rings. The number of likely N-dealkylation sites (tertiary alicyclic amines) is 1. The van der Waals surface area contributed by atoms with Gasteiger partial charge < -0.3 is 10.3 Å². The smallest absolute Gasteiger partial charge is 0.227 e. The first-order valence-corrected chi connectivity index (χ1v) is 11.9. The molecule has 3 rings (SSSR count). The van der Waals surface area contributed by atoms with Crippen LogP contribution in [0.1, 0.15) is 37.4 Å². The summed E-state index contributed by atoms with van der Waals surface area (Å²) in [5, 5.41) is 0.145. The van der Waals surface area contributed by atoms with Crippen molar-refractivity contribution in [1.82, 2.24) is 14.5 Å². The predicted molar refractivity (Wildman–Crippen MR) is 112 cm³/mol. The van der Waals surface area contributed by atoms with Gasteiger partial charge in [0.2, 0.25) is 20.9 Å². The number of benzene rings is 1. The molecule has 1 aliphatic heterocycles. The van der Waals surface area contributed by atoms with Gasteiger partial charge in [-0.15, -0.1) is 0 Å². The van der Waals surface area contributed by atoms with E-state index in [2.05, 4.69) is 22.0 Å². The summed E-state index contributed by atoms with van der Waals surface area (Å²) in [6, 6.07) is 10.2. The molecule has 2 N–H and O–H groups in total. The van der Waals surface area contributed by atoms with Crippen LogP contribution in [0.3, 0.4) is 0 Å². The molecule has 8 heteroatoms. The third kappa shape index (κ3) is 5.45. The zero-order chi connectivity index (χ0) is 20.9. The van der Waals surface area contributed by atoms with E-state index in [9.17, 15) is 13.2 Å². The second-order valence-corrected chi connectivity index (χ2v) is 9.82. The van der Waals surface area contributed by atoms with Crippen LogP contribution in [0, 0.1) is 5.92 Å². The molecule has 0 saturated carbocycles. The van der Waals surface area contributed by atoms with Crippen LogP contribution in [0.15, 0.2) is 41.7 Å². The average molecular weight is 419 g/mol. The first-order valence-electron chi connectivity index (χ1n) is 10.2. The molecule has 0 spiro atoms. The number of aryl methyl sites for hydroxylation is 1. The van der Waals surface area contributed by atoms with Crippen molar-refractivity contribution in [2.24, 2.45) is 11.7 Å². The highest BCUT2D eigenvalue weighted by Gasteiger charge is 2.26. The van der Waals surface area contributed by atoms with Crippen molar-refractivity contribution in [2.45, 2.75) is 50.9 Å². The summed E-state index contributed by atoms with van der Waals surface area (Å²) in [5.41, 5.74) is 7.59. The lowest BCUT2D eigenvalue weighted by Crippen LogP contribution is -2.41. The number of rotatable bonds is 9. The predicted octanol–water partition coefficient (Wildman–Crippen LogP) is 2.01. The fourth-order valence-corrected chi connectivity index (χ4v) is 4.90. The van der Waals surface area contributed by atoms with Crippen LogP contribution in [0.2, 0.25) is 0 Å². The largest absolute Gasteiger partial charge is 0.369 e. The van der Waals surface area contributed by atoms with Crippen LogP contribution in [0.25, 0.3) is 0 Å². The van der Waals surface area contributed by atoms with Crippen LogP contribution in [0.4, 0.5) is 0 Å². The standard InChI is InChI=1S/C21H30N4O3S/c1-2-29(27,28)21-23-14-19(16-24-12-7-11-18(15-24)20(22)26)25(21)13-6-10-17-8-4-3-5-9-17/h3-5,8-9,14,18H,2,6-7,10-13,15-16H2,1H3,(H2,22,26). The Morgan fingerprint density at radius 3 is 2.72 bits per heavy atom. The van der Waals surface area contributed by atoms with Crippen molar-refractivity contribution in [3.8, 4) is 0 Å². The third-order valence-electron chi connectivity index (χ3n) is 5.54. The third-order valence-corrected chi connectivity index (χ3v) is 7.19. The number of primary amides is 1. The van der Waals surface area contributed by atoms with Crippen molar-refractivity contribution in [3.05, 3.63) is 47.8 Å². The Balaban J connectivity index is 1.76. The number of carbonyl (C=O) groups is 1. The van der Waals surface area contributed by atoms with E-state index < -0.39 is 9.84 Å². The molecule has 1 atom stereocenters. The number of nitrogens with two attached hydrogens (primary N) is 1. The Morgan fingerprint density at radius 1 is 1.28 bits per heavy atom. The summed E-state index contributed by atoms with van der Waals surface area (Å²) in [7, 11) is -3.41. The Hall–Kier alpha value is -2.19. The SMILES string of the molecule is CCS(=O)(=O)c1ncc(CN2CCCC(C(N)=O)C2)n1CCCc1ccccc1. The molecule has 1 aromatic carbocycles. The second-order valence-electron chi connectivity index (χ2n) is 7.65. The Labute approximate surface area is 172 Å². The Bertz CT molecular complexity index is 925. The lowest BCUT2D eigenvalue weighted by Gasteiger charge is -2.31. The van der Waals surface area contributed by atoms with Gasteiger partial charge in [-0.2, -0.15) is 0 Å². The molecule has 158 valence electrons. The molecule has 1 unspecified atom stereocenters. The number of hydrogen-bond acceptors (Lipinski definition) is 5. The first kappa shape index (κ1) is 21.5. The molecule has 0 bridgehead atoms. The van der Waals surface area contributed by atoms with Crippen molar-refractivity contribution >= 4 is 15.7 Å². The molecule has 1 aromatic heterocycles. The van der Waals surface area contributed by atoms with E-state index in [-0.39, 0.29) is 22.7 Å². The quantitative estimate of drug-likeness (QED) is 0.672. The van der Waals surface area contributed by atoms with Crippen LogP contribution >= 0.6 is 0 Å². The fourth-order valence-electron chi connectivity index (χ4n) is 3.88. The number of amides is 1. The zero-order valence-electron chi connectivity index (χ0n) is 17.0. The highest BCUT2D eigenvalue weighted by molar-refractivity contribution is 7.91. The normalized spacial score (nSPS) is 18.0. The van der Waals surface area contributed by atoms with Crippen molar-refractivity contribution in [2.75, 3.05) is 18.8 Å². The molecular formula is C21H30N4O3S. The molecule has 0 aliphatic carbocycles. The minimum atomic E-state index is -3.41. The van der Waals surface area contributed by atoms with Crippen LogP contribution in [-0.4, -0.2) is 47.6 Å². The lowest BCUT2D eigenvalue weighted by atomic mass is 9.97. The summed E-state index contributed by atoms with van der Waals surface area (Å²) in [6.07, 6.45) is 5.09. The first-order chi connectivity index (χ1) is 13.9. The minimum Gasteiger partial charge on any atom is -0.369 e. The molecule has 1 amide bonds. The van der Waals surface area contributed by atoms with E-state index in [0.29, 0.717) is 19.6 Å². The van der Waals surface area contributed by atoms with Gasteiger partial charge in [0, 0.05) is 19.6 Å². The molecule has 2 heterocycles. The number of sulfone groups is 1. The maximum absolute atomic E-state index is 12.5. The molecule has 1 fully saturated rings. The fraction of sp³-hybridized carbons (Fsp3) is 0.524. The number of aromatic nitrogens is 2. The number of carbonyl (C=O) groups excluding carboxylic acids is 1. The lowest BCUT2D eigenvalue weighted by molar-refractivity contribution is -0.123. The van der Waals surface area contributed by atoms with Gasteiger partial charge in [0.05, 0.1) is 23.6 Å². The van der Waals surface area contributed by atoms with Gasteiger partial charge in [-0.3, -0.25) is 9.69 Å². The van der Waals surface area contributed by atoms with Gasteiger partial charge in [0.15, 0.2) is 0 Å². The highest BCUT2D eigenvalue weighted by atomic mass is 32.2. The number of imidazole rings is 1. The van der Waals surface area contributed by atoms with Gasteiger partial charge >= 0.3 is 0 Å². The van der Waals surface area contributed by atoms with Crippen molar-refractivity contribution in [1.29, 1.82) is 0 Å². The van der Waals surface area contributed by atoms with E-state index in [4.69, 9.17) is 5.73 Å². The van der Waals surface area contributed by atoms with Crippen molar-refractivity contribution in [3.63, 3.8) is 0 Å². The maximum Gasteiger partial charge on any atom is 0.227 e. The molecule has 2 aromatic rings. The van der Waals surface area contributed by atoms with E-state index >= 15 is 0 Å². The maximum atomic E-state index is 12.5. The van der Waals surface area contributed by atoms with Crippen LogP contribution < -0.4 is 5.73 Å². The van der Waals surface area contributed by atoms with Crippen LogP contribution in [-0.2, 0) is 34.1 Å². The van der Waals surface area contributed by atoms with E-state index in [1.807, 2.05) is 22.8 Å². The second kappa shape index (κ2) is 9.54. The average Bonchev–Trinajstić information content (AvgIpc) is 3.12. The minimum absolute atomic E-state index is 0.0234. The van der Waals surface area contributed by atoms with E-state index in [1.165, 1.54) is 5.56 Å². The summed E-state index contributed by atoms with van der Waals surface area (Å²) in [5.74, 6) is -0.382. The van der Waals surface area contributed by atoms with E-state index in [1.54, 1.807) is 13.1 Å². The van der Waals surface area contributed by atoms with Gasteiger partial charge in [-0.25, -0.2) is 13.4 Å². The highest BCUT2D eigenvalue weighted by Crippen LogP contribution is 2.21. The summed E-state index contributed by atoms with van der Waals surface area (Å²) < 4.78 is 26.9. The molecule has 0 radical (unpaired) electrons. The van der Waals surface area contributed by atoms with Gasteiger partial charge in [-0.05, 0) is 37.8 Å². The van der Waals surface area contributed by atoms with Gasteiger partial charge in [0.25, 0.3) is 0 Å². The Morgan fingerprint density at radius 2 is 2.03 bits per heavy atom. The Kier molecular flexibility index (Phi) is 7.08. The van der Waals surface area contributed by atoms with Crippen LogP contribution in [0.5, 0.6) is 0 Å². The topological polar surface area (TPSA) is 98.3 Å². The number of nitrogens with zero attached hydrogens (tertiary/aromatic N) is 3. The zero-order valence-corrected chi connectivity index (χ0v) is 17.8. The summed E-state index contributed by atoms with van der Waals surface area (Å²) >= 11 is 0. The van der Waals surface area contributed by atoms with Crippen molar-refractivity contribution < 1.29 is 13.2 Å². The summed E-state index contributed by atoms with van der Waals surface area (Å²) in [6.45, 7) is 4.28. The molecule has 29 heavy (non-hydrogen) atoms. The van der Waals surface area contributed by atoms with E-state index in [0.717, 1.165) is 37.9 Å². The molecular weight excluding hydrogens is 388 g/mol. The summed E-state index contributed by atoms with van der Waals surface area (Å²) in [4.78, 5) is 18.0. The number of hydrogen-bond donors (Lipinski definition) is 1. The monoisotopic (exact) mass is 418 g/mol. The number of piperidine rings is 1. The van der Waals surface area contributed by atoms with Gasteiger partial charge in [-0.1, -0.05) is 37.3 Å².